The predicted octanol–water partition coefficient (Wildman–Crippen LogP) is 3.03. The van der Waals surface area contributed by atoms with Crippen LogP contribution in [0.25, 0.3) is 0 Å². The minimum absolute atomic E-state index is 0.0493. The number of fused-ring (bicyclic) bond motifs is 1. The van der Waals surface area contributed by atoms with Crippen LogP contribution in [0.4, 0.5) is 0 Å². The molecule has 3 rings (SSSR count). The molecule has 0 radical (unpaired) electrons. The van der Waals surface area contributed by atoms with Gasteiger partial charge >= 0.3 is 0 Å². The molecule has 0 saturated carbocycles. The Morgan fingerprint density at radius 1 is 1.35 bits per heavy atom. The number of carbonyl (C=O) groups excluding carboxylic acids is 1. The normalized spacial score (nSPS) is 20.2. The van der Waals surface area contributed by atoms with Crippen LogP contribution >= 0.6 is 11.6 Å². The highest BCUT2D eigenvalue weighted by Gasteiger charge is 2.28. The quantitative estimate of drug-likeness (QED) is 0.853. The molecule has 1 amide bonds. The Kier molecular flexibility index (Phi) is 6.79. The van der Waals surface area contributed by atoms with Crippen molar-refractivity contribution in [2.24, 2.45) is 5.92 Å². The number of halogens is 1. The Labute approximate surface area is 161 Å². The Bertz CT molecular complexity index is 630. The number of morpholine rings is 1. The van der Waals surface area contributed by atoms with Gasteiger partial charge < -0.3 is 19.7 Å². The molecule has 5 nitrogen and oxygen atoms in total. The largest absolute Gasteiger partial charge is 0.492 e. The molecule has 26 heavy (non-hydrogen) atoms. The molecule has 2 aliphatic rings. The predicted molar refractivity (Wildman–Crippen MR) is 103 cm³/mol. The summed E-state index contributed by atoms with van der Waals surface area (Å²) in [7, 11) is 0. The summed E-state index contributed by atoms with van der Waals surface area (Å²) in [5.41, 5.74) is 2.20. The van der Waals surface area contributed by atoms with Crippen LogP contribution in [0.5, 0.6) is 5.75 Å². The molecular formula is C20H29ClN2O3. The fourth-order valence-corrected chi connectivity index (χ4v) is 3.88. The van der Waals surface area contributed by atoms with E-state index in [0.29, 0.717) is 37.2 Å². The minimum atomic E-state index is -0.401. The van der Waals surface area contributed by atoms with Crippen molar-refractivity contribution in [3.63, 3.8) is 0 Å². The molecule has 0 aliphatic carbocycles. The summed E-state index contributed by atoms with van der Waals surface area (Å²) in [5.74, 6) is 1.25. The summed E-state index contributed by atoms with van der Waals surface area (Å²) in [6, 6.07) is 4.08. The van der Waals surface area contributed by atoms with E-state index in [0.717, 1.165) is 49.3 Å². The number of amides is 1. The average molecular weight is 381 g/mol. The number of aryl methyl sites for hydroxylation is 1. The molecule has 2 aliphatic heterocycles. The highest BCUT2D eigenvalue weighted by atomic mass is 35.5. The van der Waals surface area contributed by atoms with Crippen molar-refractivity contribution in [3.05, 3.63) is 28.3 Å². The molecule has 1 aromatic carbocycles. The molecule has 1 saturated heterocycles. The third-order valence-corrected chi connectivity index (χ3v) is 5.02. The second-order valence-electron chi connectivity index (χ2n) is 7.55. The summed E-state index contributed by atoms with van der Waals surface area (Å²) < 4.78 is 11.5. The zero-order chi connectivity index (χ0) is 18.5. The lowest BCUT2D eigenvalue weighted by Crippen LogP contribution is -2.49. The van der Waals surface area contributed by atoms with Gasteiger partial charge in [0.1, 0.15) is 11.9 Å². The molecule has 1 atom stereocenters. The molecule has 1 aromatic rings. The van der Waals surface area contributed by atoms with E-state index in [4.69, 9.17) is 21.1 Å². The number of ether oxygens (including phenoxy) is 2. The van der Waals surface area contributed by atoms with Crippen LogP contribution in [0, 0.1) is 5.92 Å². The van der Waals surface area contributed by atoms with Gasteiger partial charge in [0.05, 0.1) is 18.2 Å². The number of benzene rings is 1. The van der Waals surface area contributed by atoms with Crippen molar-refractivity contribution < 1.29 is 14.3 Å². The standard InChI is InChI=1S/C20H29ClN2O3/c1-14(2)12-23(20(24)18-11-22-6-8-25-18)13-15-9-16-5-3-4-7-26-19(16)17(21)10-15/h9-10,14,18,22H,3-8,11-13H2,1-2H3. The van der Waals surface area contributed by atoms with Crippen LogP contribution in [-0.2, 0) is 22.5 Å². The smallest absolute Gasteiger partial charge is 0.253 e. The Balaban J connectivity index is 1.78. The SMILES string of the molecule is CC(C)CN(Cc1cc(Cl)c2c(c1)CCCCO2)C(=O)C1CNCCO1. The molecule has 1 N–H and O–H groups in total. The fraction of sp³-hybridized carbons (Fsp3) is 0.650. The summed E-state index contributed by atoms with van der Waals surface area (Å²) in [6.45, 7) is 8.16. The van der Waals surface area contributed by atoms with Crippen LogP contribution in [0.1, 0.15) is 37.8 Å². The van der Waals surface area contributed by atoms with E-state index in [-0.39, 0.29) is 5.91 Å². The highest BCUT2D eigenvalue weighted by Crippen LogP contribution is 2.34. The Morgan fingerprint density at radius 2 is 2.19 bits per heavy atom. The van der Waals surface area contributed by atoms with Crippen LogP contribution in [0.15, 0.2) is 12.1 Å². The third kappa shape index (κ3) is 4.90. The summed E-state index contributed by atoms with van der Waals surface area (Å²) in [4.78, 5) is 14.9. The van der Waals surface area contributed by atoms with E-state index in [2.05, 4.69) is 25.2 Å². The van der Waals surface area contributed by atoms with Gasteiger partial charge in [-0.15, -0.1) is 0 Å². The van der Waals surface area contributed by atoms with Gasteiger partial charge in [-0.05, 0) is 42.4 Å². The number of rotatable bonds is 5. The first-order valence-electron chi connectivity index (χ1n) is 9.60. The number of hydrogen-bond acceptors (Lipinski definition) is 4. The second kappa shape index (κ2) is 9.07. The number of nitrogens with zero attached hydrogens (tertiary/aromatic N) is 1. The Morgan fingerprint density at radius 3 is 2.92 bits per heavy atom. The van der Waals surface area contributed by atoms with Gasteiger partial charge in [0.25, 0.3) is 5.91 Å². The first-order chi connectivity index (χ1) is 12.5. The maximum Gasteiger partial charge on any atom is 0.253 e. The van der Waals surface area contributed by atoms with Crippen LogP contribution in [0.2, 0.25) is 5.02 Å². The van der Waals surface area contributed by atoms with E-state index in [1.807, 2.05) is 11.0 Å². The monoisotopic (exact) mass is 380 g/mol. The number of nitrogens with one attached hydrogen (secondary N) is 1. The van der Waals surface area contributed by atoms with Gasteiger partial charge in [-0.3, -0.25) is 4.79 Å². The molecule has 0 bridgehead atoms. The summed E-state index contributed by atoms with van der Waals surface area (Å²) in [5, 5.41) is 3.88. The fourth-order valence-electron chi connectivity index (χ4n) is 3.56. The van der Waals surface area contributed by atoms with Crippen molar-refractivity contribution >= 4 is 17.5 Å². The first kappa shape index (κ1) is 19.5. The lowest BCUT2D eigenvalue weighted by atomic mass is 10.0. The molecular weight excluding hydrogens is 352 g/mol. The molecule has 1 unspecified atom stereocenters. The summed E-state index contributed by atoms with van der Waals surface area (Å²) in [6.07, 6.45) is 2.71. The highest BCUT2D eigenvalue weighted by molar-refractivity contribution is 6.32. The van der Waals surface area contributed by atoms with Crippen molar-refractivity contribution in [2.75, 3.05) is 32.8 Å². The van der Waals surface area contributed by atoms with Gasteiger partial charge in [0.2, 0.25) is 0 Å². The van der Waals surface area contributed by atoms with Gasteiger partial charge in [0, 0.05) is 26.2 Å². The van der Waals surface area contributed by atoms with E-state index < -0.39 is 6.10 Å². The topological polar surface area (TPSA) is 50.8 Å². The maximum absolute atomic E-state index is 13.0. The second-order valence-corrected chi connectivity index (χ2v) is 7.95. The molecule has 1 fully saturated rings. The van der Waals surface area contributed by atoms with E-state index >= 15 is 0 Å². The molecule has 2 heterocycles. The lowest BCUT2D eigenvalue weighted by molar-refractivity contribution is -0.146. The van der Waals surface area contributed by atoms with Crippen molar-refractivity contribution in [1.82, 2.24) is 10.2 Å². The zero-order valence-corrected chi connectivity index (χ0v) is 16.5. The number of hydrogen-bond donors (Lipinski definition) is 1. The molecule has 144 valence electrons. The molecule has 0 spiro atoms. The van der Waals surface area contributed by atoms with Gasteiger partial charge in [-0.1, -0.05) is 31.5 Å². The zero-order valence-electron chi connectivity index (χ0n) is 15.7. The van der Waals surface area contributed by atoms with E-state index in [1.54, 1.807) is 0 Å². The van der Waals surface area contributed by atoms with Crippen LogP contribution in [0.3, 0.4) is 0 Å². The van der Waals surface area contributed by atoms with Gasteiger partial charge in [0.15, 0.2) is 0 Å². The van der Waals surface area contributed by atoms with Crippen LogP contribution in [-0.4, -0.2) is 49.8 Å². The van der Waals surface area contributed by atoms with E-state index in [9.17, 15) is 4.79 Å². The lowest BCUT2D eigenvalue weighted by Gasteiger charge is -2.31. The van der Waals surface area contributed by atoms with Crippen molar-refractivity contribution in [1.29, 1.82) is 0 Å². The van der Waals surface area contributed by atoms with Gasteiger partial charge in [-0.2, -0.15) is 0 Å². The molecule has 0 aromatic heterocycles. The van der Waals surface area contributed by atoms with Gasteiger partial charge in [-0.25, -0.2) is 0 Å². The van der Waals surface area contributed by atoms with E-state index in [1.165, 1.54) is 0 Å². The van der Waals surface area contributed by atoms with Crippen LogP contribution < -0.4 is 10.1 Å². The number of carbonyl (C=O) groups is 1. The minimum Gasteiger partial charge on any atom is -0.492 e. The maximum atomic E-state index is 13.0. The van der Waals surface area contributed by atoms with Crippen molar-refractivity contribution in [2.45, 2.75) is 45.8 Å². The molecule has 6 heteroatoms. The average Bonchev–Trinajstić information content (AvgIpc) is 2.87. The Hall–Kier alpha value is -1.30. The third-order valence-electron chi connectivity index (χ3n) is 4.74. The first-order valence-corrected chi connectivity index (χ1v) is 9.97. The van der Waals surface area contributed by atoms with Crippen molar-refractivity contribution in [3.8, 4) is 5.75 Å². The summed E-state index contributed by atoms with van der Waals surface area (Å²) >= 11 is 6.47.